The number of phosphoric acid groups is 1. The lowest BCUT2D eigenvalue weighted by Gasteiger charge is -2.24. The van der Waals surface area contributed by atoms with Gasteiger partial charge in [0.15, 0.2) is 21.8 Å². The first-order valence-corrected chi connectivity index (χ1v) is 15.3. The highest BCUT2D eigenvalue weighted by Gasteiger charge is 2.28. The maximum absolute atomic E-state index is 12.9. The van der Waals surface area contributed by atoms with Crippen molar-refractivity contribution in [2.75, 3.05) is 30.9 Å². The molecule has 2 aromatic heterocycles. The standard InChI is InChI=1S/C23H33ClN5O4PS2/c1-6-31-34(30,32-7-2)33-13-16(12-14(3)4)26-20-19-21(27-22(25)36-19)29-23(28-20)35-15(5)17-10-8-9-11-18(17)24/h8-11,14-16H,6-7,12-13H2,1-5H3,(H3,25,26,27,28,29). The third-order valence-corrected chi connectivity index (χ3v) is 8.82. The summed E-state index contributed by atoms with van der Waals surface area (Å²) in [6, 6.07) is 7.49. The molecule has 1 aromatic carbocycles. The average Bonchev–Trinajstić information content (AvgIpc) is 3.18. The number of phosphoric ester groups is 1. The number of nitrogens with two attached hydrogens (primary N) is 1. The van der Waals surface area contributed by atoms with Crippen molar-refractivity contribution in [1.82, 2.24) is 15.0 Å². The van der Waals surface area contributed by atoms with Crippen molar-refractivity contribution in [3.8, 4) is 0 Å². The molecule has 0 saturated heterocycles. The molecule has 0 amide bonds. The quantitative estimate of drug-likeness (QED) is 0.116. The molecule has 0 spiro atoms. The van der Waals surface area contributed by atoms with Gasteiger partial charge in [0.05, 0.1) is 25.9 Å². The van der Waals surface area contributed by atoms with E-state index in [-0.39, 0.29) is 31.1 Å². The number of halogens is 1. The lowest BCUT2D eigenvalue weighted by molar-refractivity contribution is 0.116. The van der Waals surface area contributed by atoms with Gasteiger partial charge >= 0.3 is 7.82 Å². The molecule has 0 saturated carbocycles. The monoisotopic (exact) mass is 573 g/mol. The van der Waals surface area contributed by atoms with E-state index < -0.39 is 7.82 Å². The molecule has 9 nitrogen and oxygen atoms in total. The van der Waals surface area contributed by atoms with Crippen molar-refractivity contribution in [2.24, 2.45) is 5.92 Å². The minimum atomic E-state index is -3.65. The summed E-state index contributed by atoms with van der Waals surface area (Å²) >= 11 is 9.19. The van der Waals surface area contributed by atoms with Crippen LogP contribution in [-0.2, 0) is 18.1 Å². The number of hydrogen-bond acceptors (Lipinski definition) is 11. The maximum Gasteiger partial charge on any atom is 0.474 e. The summed E-state index contributed by atoms with van der Waals surface area (Å²) in [5.74, 6) is 0.933. The number of nitrogen functional groups attached to an aromatic ring is 1. The molecule has 2 heterocycles. The van der Waals surface area contributed by atoms with Crippen molar-refractivity contribution in [1.29, 1.82) is 0 Å². The second-order valence-corrected chi connectivity index (χ2v) is 12.8. The zero-order valence-corrected chi connectivity index (χ0v) is 24.3. The minimum Gasteiger partial charge on any atom is -0.375 e. The second-order valence-electron chi connectivity index (χ2n) is 8.39. The van der Waals surface area contributed by atoms with Gasteiger partial charge in [-0.2, -0.15) is 0 Å². The van der Waals surface area contributed by atoms with Crippen LogP contribution in [0.3, 0.4) is 0 Å². The molecule has 13 heteroatoms. The molecular weight excluding hydrogens is 541 g/mol. The number of thiazole rings is 1. The topological polar surface area (TPSA) is 121 Å². The van der Waals surface area contributed by atoms with E-state index in [1.165, 1.54) is 23.1 Å². The molecule has 2 unspecified atom stereocenters. The van der Waals surface area contributed by atoms with E-state index in [0.29, 0.717) is 32.7 Å². The Morgan fingerprint density at radius 1 is 1.11 bits per heavy atom. The molecule has 0 aliphatic heterocycles. The smallest absolute Gasteiger partial charge is 0.375 e. The van der Waals surface area contributed by atoms with Crippen LogP contribution in [0.1, 0.15) is 51.9 Å². The molecule has 3 aromatic rings. The predicted molar refractivity (Wildman–Crippen MR) is 149 cm³/mol. The predicted octanol–water partition coefficient (Wildman–Crippen LogP) is 7.20. The molecule has 0 aliphatic rings. The summed E-state index contributed by atoms with van der Waals surface area (Å²) in [5, 5.41) is 5.10. The van der Waals surface area contributed by atoms with Crippen LogP contribution >= 0.6 is 42.5 Å². The van der Waals surface area contributed by atoms with Crippen molar-refractivity contribution in [2.45, 2.75) is 57.5 Å². The van der Waals surface area contributed by atoms with Gasteiger partial charge in [-0.25, -0.2) is 19.5 Å². The third kappa shape index (κ3) is 8.02. The number of fused-ring (bicyclic) bond motifs is 1. The van der Waals surface area contributed by atoms with Gasteiger partial charge in [0.2, 0.25) is 0 Å². The van der Waals surface area contributed by atoms with Crippen LogP contribution in [0.4, 0.5) is 10.9 Å². The Hall–Kier alpha value is -1.46. The number of rotatable bonds is 14. The number of nitrogens with zero attached hydrogens (tertiary/aromatic N) is 3. The molecule has 0 aliphatic carbocycles. The fourth-order valence-electron chi connectivity index (χ4n) is 3.54. The average molecular weight is 574 g/mol. The Morgan fingerprint density at radius 2 is 1.81 bits per heavy atom. The molecule has 2 atom stereocenters. The van der Waals surface area contributed by atoms with Crippen LogP contribution in [0.2, 0.25) is 5.02 Å². The largest absolute Gasteiger partial charge is 0.474 e. The van der Waals surface area contributed by atoms with Gasteiger partial charge in [-0.1, -0.05) is 66.7 Å². The van der Waals surface area contributed by atoms with Gasteiger partial charge in [-0.15, -0.1) is 0 Å². The number of nitrogens with one attached hydrogen (secondary N) is 1. The molecule has 0 radical (unpaired) electrons. The number of aromatic nitrogens is 3. The van der Waals surface area contributed by atoms with Crippen molar-refractivity contribution in [3.63, 3.8) is 0 Å². The number of benzene rings is 1. The van der Waals surface area contributed by atoms with Crippen LogP contribution in [0, 0.1) is 5.92 Å². The van der Waals surface area contributed by atoms with Gasteiger partial charge in [-0.3, -0.25) is 13.6 Å². The van der Waals surface area contributed by atoms with Crippen LogP contribution in [-0.4, -0.2) is 40.8 Å². The zero-order valence-electron chi connectivity index (χ0n) is 21.1. The summed E-state index contributed by atoms with van der Waals surface area (Å²) in [5.41, 5.74) is 7.52. The maximum atomic E-state index is 12.9. The first kappa shape index (κ1) is 29.1. The highest BCUT2D eigenvalue weighted by atomic mass is 35.5. The van der Waals surface area contributed by atoms with Gasteiger partial charge in [0.1, 0.15) is 4.70 Å². The Labute approximate surface area is 225 Å². The van der Waals surface area contributed by atoms with E-state index in [9.17, 15) is 4.57 Å². The summed E-state index contributed by atoms with van der Waals surface area (Å²) in [6.07, 6.45) is 0.733. The second kappa shape index (κ2) is 13.4. The Morgan fingerprint density at radius 3 is 2.44 bits per heavy atom. The highest BCUT2D eigenvalue weighted by molar-refractivity contribution is 7.99. The van der Waals surface area contributed by atoms with E-state index in [4.69, 9.17) is 35.9 Å². The van der Waals surface area contributed by atoms with E-state index in [1.54, 1.807) is 13.8 Å². The van der Waals surface area contributed by atoms with Crippen LogP contribution in [0.25, 0.3) is 10.3 Å². The Balaban J connectivity index is 1.88. The minimum absolute atomic E-state index is 0.0121. The highest BCUT2D eigenvalue weighted by Crippen LogP contribution is 2.49. The summed E-state index contributed by atoms with van der Waals surface area (Å²) in [6.45, 7) is 10.3. The molecule has 3 N–H and O–H groups in total. The molecule has 3 rings (SSSR count). The van der Waals surface area contributed by atoms with E-state index in [2.05, 4.69) is 36.1 Å². The van der Waals surface area contributed by atoms with Gasteiger partial charge in [0, 0.05) is 10.3 Å². The van der Waals surface area contributed by atoms with Gasteiger partial charge < -0.3 is 11.1 Å². The molecule has 36 heavy (non-hydrogen) atoms. The summed E-state index contributed by atoms with van der Waals surface area (Å²) in [4.78, 5) is 13.8. The van der Waals surface area contributed by atoms with E-state index in [1.807, 2.05) is 24.3 Å². The normalized spacial score (nSPS) is 13.9. The van der Waals surface area contributed by atoms with E-state index >= 15 is 0 Å². The molecular formula is C23H33ClN5O4PS2. The van der Waals surface area contributed by atoms with Gasteiger partial charge in [0.25, 0.3) is 0 Å². The Kier molecular flexibility index (Phi) is 10.8. The number of thioether (sulfide) groups is 1. The van der Waals surface area contributed by atoms with Crippen LogP contribution in [0.5, 0.6) is 0 Å². The molecule has 198 valence electrons. The first-order chi connectivity index (χ1) is 17.1. The lowest BCUT2D eigenvalue weighted by atomic mass is 10.0. The number of hydrogen-bond donors (Lipinski definition) is 2. The van der Waals surface area contributed by atoms with E-state index in [0.717, 1.165) is 16.7 Å². The SMILES string of the molecule is CCOP(=O)(OCC)OCC(CC(C)C)Nc1nc(SC(C)c2ccccc2Cl)nc2nc(N)sc12. The summed E-state index contributed by atoms with van der Waals surface area (Å²) in [7, 11) is -3.65. The lowest BCUT2D eigenvalue weighted by Crippen LogP contribution is -2.28. The Bertz CT molecular complexity index is 1190. The van der Waals surface area contributed by atoms with Crippen molar-refractivity contribution in [3.05, 3.63) is 34.9 Å². The van der Waals surface area contributed by atoms with Crippen LogP contribution < -0.4 is 11.1 Å². The molecule has 0 bridgehead atoms. The van der Waals surface area contributed by atoms with Crippen LogP contribution in [0.15, 0.2) is 29.4 Å². The van der Waals surface area contributed by atoms with Crippen molar-refractivity contribution < 1.29 is 18.1 Å². The van der Waals surface area contributed by atoms with Gasteiger partial charge in [-0.05, 0) is 44.7 Å². The molecule has 0 fully saturated rings. The zero-order chi connectivity index (χ0) is 26.3. The number of anilines is 2. The fraction of sp³-hybridized carbons (Fsp3) is 0.522. The fourth-order valence-corrected chi connectivity index (χ4v) is 6.78. The third-order valence-electron chi connectivity index (χ3n) is 4.98. The van der Waals surface area contributed by atoms with Crippen molar-refractivity contribution >= 4 is 63.8 Å². The first-order valence-electron chi connectivity index (χ1n) is 11.8. The summed E-state index contributed by atoms with van der Waals surface area (Å²) < 4.78 is 29.8.